The average molecular weight is 438 g/mol. The van der Waals surface area contributed by atoms with Crippen LogP contribution in [0.2, 0.25) is 0 Å². The van der Waals surface area contributed by atoms with Crippen LogP contribution in [-0.2, 0) is 12.8 Å². The zero-order valence-electron chi connectivity index (χ0n) is 17.3. The van der Waals surface area contributed by atoms with Gasteiger partial charge in [0, 0.05) is 37.4 Å². The van der Waals surface area contributed by atoms with Gasteiger partial charge in [-0.25, -0.2) is 9.07 Å². The molecule has 1 saturated heterocycles. The molecule has 0 atom stereocenters. The first-order valence-electron chi connectivity index (χ1n) is 10.8. The van der Waals surface area contributed by atoms with Gasteiger partial charge in [0.1, 0.15) is 5.82 Å². The Bertz CT molecular complexity index is 923. The molecule has 31 heavy (non-hydrogen) atoms. The summed E-state index contributed by atoms with van der Waals surface area (Å²) >= 11 is 0. The minimum atomic E-state index is -4.25. The Morgan fingerprint density at radius 2 is 1.68 bits per heavy atom. The van der Waals surface area contributed by atoms with E-state index >= 15 is 0 Å². The second-order valence-electron chi connectivity index (χ2n) is 8.26. The monoisotopic (exact) mass is 438 g/mol. The van der Waals surface area contributed by atoms with Gasteiger partial charge in [-0.05, 0) is 56.4 Å². The number of nitrogens with zero attached hydrogens (tertiary/aromatic N) is 4. The SMILES string of the molecule is O=C(c1nn(-c2ccc(F)cc2)c2c1CCCCC2)N1CCCN(CC(F)(F)F)CC1. The maximum absolute atomic E-state index is 13.4. The van der Waals surface area contributed by atoms with Gasteiger partial charge in [0.05, 0.1) is 12.2 Å². The van der Waals surface area contributed by atoms with E-state index in [0.29, 0.717) is 30.9 Å². The van der Waals surface area contributed by atoms with Crippen molar-refractivity contribution < 1.29 is 22.4 Å². The maximum Gasteiger partial charge on any atom is 0.401 e. The number of carbonyl (C=O) groups excluding carboxylic acids is 1. The molecule has 2 aromatic rings. The van der Waals surface area contributed by atoms with E-state index in [1.54, 1.807) is 21.7 Å². The zero-order valence-corrected chi connectivity index (χ0v) is 17.3. The number of carbonyl (C=O) groups is 1. The summed E-state index contributed by atoms with van der Waals surface area (Å²) in [4.78, 5) is 16.4. The van der Waals surface area contributed by atoms with E-state index in [1.807, 2.05) is 0 Å². The minimum Gasteiger partial charge on any atom is -0.336 e. The van der Waals surface area contributed by atoms with Crippen LogP contribution >= 0.6 is 0 Å². The summed E-state index contributed by atoms with van der Waals surface area (Å²) in [5, 5.41) is 4.63. The molecule has 5 nitrogen and oxygen atoms in total. The molecule has 0 spiro atoms. The number of rotatable bonds is 3. The van der Waals surface area contributed by atoms with Crippen LogP contribution in [0.1, 0.15) is 47.4 Å². The Morgan fingerprint density at radius 1 is 0.935 bits per heavy atom. The van der Waals surface area contributed by atoms with Crippen LogP contribution < -0.4 is 0 Å². The highest BCUT2D eigenvalue weighted by Gasteiger charge is 2.33. The smallest absolute Gasteiger partial charge is 0.336 e. The second-order valence-corrected chi connectivity index (χ2v) is 8.26. The summed E-state index contributed by atoms with van der Waals surface area (Å²) in [5.74, 6) is -0.570. The van der Waals surface area contributed by atoms with Crippen molar-refractivity contribution in [2.75, 3.05) is 32.7 Å². The third kappa shape index (κ3) is 5.08. The van der Waals surface area contributed by atoms with Gasteiger partial charge >= 0.3 is 6.18 Å². The Kier molecular flexibility index (Phi) is 6.31. The standard InChI is InChI=1S/C22H26F4N4O/c23-16-7-9-17(10-8-16)30-19-6-3-1-2-5-18(19)20(27-30)21(31)29-12-4-11-28(13-14-29)15-22(24,25)26/h7-10H,1-6,11-15H2. The molecule has 1 aliphatic carbocycles. The number of benzene rings is 1. The minimum absolute atomic E-state index is 0.187. The third-order valence-corrected chi connectivity index (χ3v) is 5.98. The summed E-state index contributed by atoms with van der Waals surface area (Å²) in [7, 11) is 0. The second kappa shape index (κ2) is 8.98. The summed E-state index contributed by atoms with van der Waals surface area (Å²) in [6, 6.07) is 6.02. The fourth-order valence-electron chi connectivity index (χ4n) is 4.48. The molecule has 0 N–H and O–H groups in total. The third-order valence-electron chi connectivity index (χ3n) is 5.98. The summed E-state index contributed by atoms with van der Waals surface area (Å²) in [6.07, 6.45) is 0.776. The number of hydrogen-bond acceptors (Lipinski definition) is 3. The Labute approximate surface area is 178 Å². The van der Waals surface area contributed by atoms with Gasteiger partial charge in [-0.2, -0.15) is 18.3 Å². The van der Waals surface area contributed by atoms with E-state index in [9.17, 15) is 22.4 Å². The first-order chi connectivity index (χ1) is 14.8. The van der Waals surface area contributed by atoms with E-state index in [4.69, 9.17) is 0 Å². The molecule has 1 fully saturated rings. The van der Waals surface area contributed by atoms with Gasteiger partial charge in [-0.3, -0.25) is 9.69 Å². The molecular formula is C22H26F4N4O. The van der Waals surface area contributed by atoms with Crippen LogP contribution in [0, 0.1) is 5.82 Å². The number of halogens is 4. The van der Waals surface area contributed by atoms with Crippen LogP contribution in [0.5, 0.6) is 0 Å². The normalized spacial score (nSPS) is 18.4. The molecule has 2 heterocycles. The molecule has 0 unspecified atom stereocenters. The average Bonchev–Trinajstić information content (AvgIpc) is 2.88. The molecule has 0 saturated carbocycles. The summed E-state index contributed by atoms with van der Waals surface area (Å²) < 4.78 is 53.4. The van der Waals surface area contributed by atoms with Gasteiger partial charge in [-0.1, -0.05) is 6.42 Å². The van der Waals surface area contributed by atoms with Gasteiger partial charge in [0.2, 0.25) is 0 Å². The highest BCUT2D eigenvalue weighted by atomic mass is 19.4. The highest BCUT2D eigenvalue weighted by Crippen LogP contribution is 2.28. The van der Waals surface area contributed by atoms with Crippen molar-refractivity contribution in [3.05, 3.63) is 47.0 Å². The van der Waals surface area contributed by atoms with E-state index in [0.717, 1.165) is 43.4 Å². The van der Waals surface area contributed by atoms with Crippen LogP contribution in [0.3, 0.4) is 0 Å². The topological polar surface area (TPSA) is 41.4 Å². The van der Waals surface area contributed by atoms with E-state index in [1.165, 1.54) is 17.0 Å². The first-order valence-corrected chi connectivity index (χ1v) is 10.8. The molecule has 1 aromatic carbocycles. The largest absolute Gasteiger partial charge is 0.401 e. The molecule has 168 valence electrons. The number of aromatic nitrogens is 2. The molecule has 2 aliphatic rings. The lowest BCUT2D eigenvalue weighted by Crippen LogP contribution is -2.38. The van der Waals surface area contributed by atoms with Gasteiger partial charge in [0.15, 0.2) is 5.69 Å². The number of fused-ring (bicyclic) bond motifs is 1. The highest BCUT2D eigenvalue weighted by molar-refractivity contribution is 5.94. The molecule has 4 rings (SSSR count). The molecule has 1 amide bonds. The summed E-state index contributed by atoms with van der Waals surface area (Å²) in [6.45, 7) is 0.194. The van der Waals surface area contributed by atoms with Crippen LogP contribution in [0.15, 0.2) is 24.3 Å². The zero-order chi connectivity index (χ0) is 22.0. The fraction of sp³-hybridized carbons (Fsp3) is 0.545. The maximum atomic E-state index is 13.4. The predicted octanol–water partition coefficient (Wildman–Crippen LogP) is 3.99. The Morgan fingerprint density at radius 3 is 2.42 bits per heavy atom. The van der Waals surface area contributed by atoms with E-state index in [2.05, 4.69) is 5.10 Å². The fourth-order valence-corrected chi connectivity index (χ4v) is 4.48. The predicted molar refractivity (Wildman–Crippen MR) is 108 cm³/mol. The molecule has 0 radical (unpaired) electrons. The lowest BCUT2D eigenvalue weighted by molar-refractivity contribution is -0.145. The van der Waals surface area contributed by atoms with Crippen LogP contribution in [-0.4, -0.2) is 64.4 Å². The van der Waals surface area contributed by atoms with Gasteiger partial charge < -0.3 is 4.90 Å². The molecule has 9 heteroatoms. The van der Waals surface area contributed by atoms with Gasteiger partial charge in [0.25, 0.3) is 5.91 Å². The Hall–Kier alpha value is -2.42. The van der Waals surface area contributed by atoms with Crippen molar-refractivity contribution in [2.24, 2.45) is 0 Å². The van der Waals surface area contributed by atoms with E-state index < -0.39 is 12.7 Å². The van der Waals surface area contributed by atoms with Gasteiger partial charge in [-0.15, -0.1) is 0 Å². The van der Waals surface area contributed by atoms with Crippen molar-refractivity contribution in [3.63, 3.8) is 0 Å². The van der Waals surface area contributed by atoms with Crippen molar-refractivity contribution in [2.45, 2.75) is 44.7 Å². The molecule has 1 aromatic heterocycles. The number of alkyl halides is 3. The molecule has 1 aliphatic heterocycles. The lowest BCUT2D eigenvalue weighted by atomic mass is 10.1. The van der Waals surface area contributed by atoms with Crippen molar-refractivity contribution in [1.82, 2.24) is 19.6 Å². The van der Waals surface area contributed by atoms with Crippen molar-refractivity contribution in [1.29, 1.82) is 0 Å². The van der Waals surface area contributed by atoms with Crippen molar-refractivity contribution in [3.8, 4) is 5.69 Å². The first kappa shape index (κ1) is 21.8. The van der Waals surface area contributed by atoms with E-state index in [-0.39, 0.29) is 24.8 Å². The van der Waals surface area contributed by atoms with Crippen LogP contribution in [0.25, 0.3) is 5.69 Å². The molecular weight excluding hydrogens is 412 g/mol. The number of amides is 1. The summed E-state index contributed by atoms with van der Waals surface area (Å²) in [5.41, 5.74) is 2.97. The lowest BCUT2D eigenvalue weighted by Gasteiger charge is -2.22. The van der Waals surface area contributed by atoms with Crippen molar-refractivity contribution >= 4 is 5.91 Å². The molecule has 0 bridgehead atoms. The van der Waals surface area contributed by atoms with Crippen LogP contribution in [0.4, 0.5) is 17.6 Å². The number of hydrogen-bond donors (Lipinski definition) is 0. The Balaban J connectivity index is 1.60. The quantitative estimate of drug-likeness (QED) is 0.538.